The van der Waals surface area contributed by atoms with E-state index in [1.54, 1.807) is 0 Å². The molecule has 0 amide bonds. The predicted octanol–water partition coefficient (Wildman–Crippen LogP) is 7.65. The van der Waals surface area contributed by atoms with Crippen molar-refractivity contribution in [3.05, 3.63) is 102 Å². The molecular weight excluding hydrogens is 362 g/mol. The fraction of sp³-hybridized carbons (Fsp3) is 0.172. The Hall–Kier alpha value is -3.32. The summed E-state index contributed by atoms with van der Waals surface area (Å²) in [7, 11) is 0. The van der Waals surface area contributed by atoms with Gasteiger partial charge >= 0.3 is 0 Å². The first kappa shape index (κ1) is 17.5. The molecule has 5 aromatic rings. The Balaban J connectivity index is 1.78. The molecule has 0 N–H and O–H groups in total. The Labute approximate surface area is 177 Å². The normalized spacial score (nSPS) is 14.2. The van der Waals surface area contributed by atoms with Crippen LogP contribution in [0, 0.1) is 0 Å². The van der Waals surface area contributed by atoms with Crippen LogP contribution in [-0.4, -0.2) is 4.57 Å². The van der Waals surface area contributed by atoms with Crippen LogP contribution < -0.4 is 0 Å². The average molecular weight is 388 g/mol. The second kappa shape index (κ2) is 6.09. The molecule has 1 aliphatic carbocycles. The van der Waals surface area contributed by atoms with E-state index in [2.05, 4.69) is 110 Å². The van der Waals surface area contributed by atoms with E-state index in [4.69, 9.17) is 0 Å². The van der Waals surface area contributed by atoms with Gasteiger partial charge in [0.15, 0.2) is 0 Å². The summed E-state index contributed by atoms with van der Waals surface area (Å²) in [6.45, 7) is 6.94. The second-order valence-electron chi connectivity index (χ2n) is 8.96. The van der Waals surface area contributed by atoms with Gasteiger partial charge in [-0.1, -0.05) is 69.3 Å². The highest BCUT2D eigenvalue weighted by Gasteiger charge is 2.36. The molecule has 0 radical (unpaired) electrons. The van der Waals surface area contributed by atoms with E-state index in [1.165, 1.54) is 55.3 Å². The highest BCUT2D eigenvalue weighted by atomic mass is 15.0. The SMILES string of the molecule is CCc1ccc2c(c1)c1cc3c(cc1n2-c1ccccc1)C(C)(C)c1ccccc1-3. The van der Waals surface area contributed by atoms with Crippen molar-refractivity contribution >= 4 is 21.8 Å². The van der Waals surface area contributed by atoms with E-state index >= 15 is 0 Å². The van der Waals surface area contributed by atoms with Gasteiger partial charge in [-0.25, -0.2) is 0 Å². The Morgan fingerprint density at radius 1 is 0.667 bits per heavy atom. The van der Waals surface area contributed by atoms with Gasteiger partial charge in [0.1, 0.15) is 0 Å². The summed E-state index contributed by atoms with van der Waals surface area (Å²) in [5.41, 5.74) is 10.8. The van der Waals surface area contributed by atoms with Crippen molar-refractivity contribution in [3.63, 3.8) is 0 Å². The van der Waals surface area contributed by atoms with E-state index in [1.807, 2.05) is 0 Å². The van der Waals surface area contributed by atoms with E-state index in [-0.39, 0.29) is 5.41 Å². The lowest BCUT2D eigenvalue weighted by atomic mass is 9.82. The Bertz CT molecular complexity index is 1430. The van der Waals surface area contributed by atoms with Gasteiger partial charge in [-0.2, -0.15) is 0 Å². The van der Waals surface area contributed by atoms with Crippen molar-refractivity contribution in [2.45, 2.75) is 32.6 Å². The van der Waals surface area contributed by atoms with Crippen LogP contribution in [-0.2, 0) is 11.8 Å². The molecule has 146 valence electrons. The monoisotopic (exact) mass is 387 g/mol. The van der Waals surface area contributed by atoms with Crippen LogP contribution in [0.2, 0.25) is 0 Å². The lowest BCUT2D eigenvalue weighted by Crippen LogP contribution is -2.14. The number of para-hydroxylation sites is 1. The minimum atomic E-state index is 0.00662. The number of nitrogens with zero attached hydrogens (tertiary/aromatic N) is 1. The molecule has 1 nitrogen and oxygen atoms in total. The molecule has 1 aliphatic rings. The van der Waals surface area contributed by atoms with Crippen molar-refractivity contribution in [2.24, 2.45) is 0 Å². The maximum atomic E-state index is 2.45. The lowest BCUT2D eigenvalue weighted by molar-refractivity contribution is 0.661. The summed E-state index contributed by atoms with van der Waals surface area (Å²) in [6.07, 6.45) is 1.05. The van der Waals surface area contributed by atoms with Crippen molar-refractivity contribution in [1.29, 1.82) is 0 Å². The Morgan fingerprint density at radius 3 is 2.20 bits per heavy atom. The minimum absolute atomic E-state index is 0.00662. The van der Waals surface area contributed by atoms with Crippen LogP contribution in [0.4, 0.5) is 0 Å². The van der Waals surface area contributed by atoms with E-state index < -0.39 is 0 Å². The molecule has 0 spiro atoms. The predicted molar refractivity (Wildman–Crippen MR) is 128 cm³/mol. The van der Waals surface area contributed by atoms with Gasteiger partial charge in [-0.15, -0.1) is 0 Å². The molecule has 0 aliphatic heterocycles. The maximum Gasteiger partial charge on any atom is 0.0544 e. The van der Waals surface area contributed by atoms with Crippen molar-refractivity contribution < 1.29 is 0 Å². The van der Waals surface area contributed by atoms with Gasteiger partial charge in [0.25, 0.3) is 0 Å². The van der Waals surface area contributed by atoms with E-state index in [9.17, 15) is 0 Å². The number of rotatable bonds is 2. The second-order valence-corrected chi connectivity index (χ2v) is 8.96. The van der Waals surface area contributed by atoms with Crippen LogP contribution in [0.5, 0.6) is 0 Å². The van der Waals surface area contributed by atoms with E-state index in [0.29, 0.717) is 0 Å². The number of hydrogen-bond donors (Lipinski definition) is 0. The largest absolute Gasteiger partial charge is 0.309 e. The summed E-state index contributed by atoms with van der Waals surface area (Å²) >= 11 is 0. The van der Waals surface area contributed by atoms with Crippen molar-refractivity contribution in [2.75, 3.05) is 0 Å². The van der Waals surface area contributed by atoms with Gasteiger partial charge in [0.2, 0.25) is 0 Å². The number of aromatic nitrogens is 1. The molecule has 6 rings (SSSR count). The zero-order chi connectivity index (χ0) is 20.5. The lowest BCUT2D eigenvalue weighted by Gasteiger charge is -2.21. The summed E-state index contributed by atoms with van der Waals surface area (Å²) in [5.74, 6) is 0. The zero-order valence-corrected chi connectivity index (χ0v) is 17.7. The average Bonchev–Trinajstić information content (AvgIpc) is 3.22. The first-order valence-electron chi connectivity index (χ1n) is 10.9. The number of benzene rings is 4. The topological polar surface area (TPSA) is 4.93 Å². The molecular formula is C29H25N. The Kier molecular flexibility index (Phi) is 3.56. The molecule has 0 saturated heterocycles. The molecule has 0 atom stereocenters. The third-order valence-corrected chi connectivity index (χ3v) is 6.96. The standard InChI is InChI=1S/C29H25N/c1-4-19-14-15-27-23(16-19)24-17-22-21-12-8-9-13-25(21)29(2,3)26(22)18-28(24)30(27)20-10-6-5-7-11-20/h5-18H,4H2,1-3H3. The van der Waals surface area contributed by atoms with Crippen molar-refractivity contribution in [3.8, 4) is 16.8 Å². The van der Waals surface area contributed by atoms with Gasteiger partial charge in [0, 0.05) is 21.9 Å². The van der Waals surface area contributed by atoms with Crippen molar-refractivity contribution in [1.82, 2.24) is 4.57 Å². The fourth-order valence-corrected chi connectivity index (χ4v) is 5.34. The number of fused-ring (bicyclic) bond motifs is 6. The third kappa shape index (κ3) is 2.24. The number of aryl methyl sites for hydroxylation is 1. The van der Waals surface area contributed by atoms with Crippen LogP contribution in [0.15, 0.2) is 84.9 Å². The first-order valence-corrected chi connectivity index (χ1v) is 10.9. The third-order valence-electron chi connectivity index (χ3n) is 6.96. The maximum absolute atomic E-state index is 2.45. The number of hydrogen-bond acceptors (Lipinski definition) is 0. The van der Waals surface area contributed by atoms with Crippen LogP contribution >= 0.6 is 0 Å². The fourth-order valence-electron chi connectivity index (χ4n) is 5.34. The van der Waals surface area contributed by atoms with Gasteiger partial charge in [-0.05, 0) is 70.6 Å². The molecule has 1 heteroatoms. The summed E-state index contributed by atoms with van der Waals surface area (Å²) in [4.78, 5) is 0. The van der Waals surface area contributed by atoms with Gasteiger partial charge < -0.3 is 4.57 Å². The minimum Gasteiger partial charge on any atom is -0.309 e. The summed E-state index contributed by atoms with van der Waals surface area (Å²) in [6, 6.07) is 31.5. The molecule has 1 heterocycles. The molecule has 1 aromatic heterocycles. The van der Waals surface area contributed by atoms with E-state index in [0.717, 1.165) is 6.42 Å². The van der Waals surface area contributed by atoms with Gasteiger partial charge in [0.05, 0.1) is 11.0 Å². The molecule has 30 heavy (non-hydrogen) atoms. The summed E-state index contributed by atoms with van der Waals surface area (Å²) in [5, 5.41) is 2.69. The van der Waals surface area contributed by atoms with Crippen LogP contribution in [0.25, 0.3) is 38.6 Å². The first-order chi connectivity index (χ1) is 14.6. The molecule has 0 fully saturated rings. The van der Waals surface area contributed by atoms with Crippen LogP contribution in [0.1, 0.15) is 37.5 Å². The Morgan fingerprint density at radius 2 is 1.40 bits per heavy atom. The molecule has 0 bridgehead atoms. The smallest absolute Gasteiger partial charge is 0.0544 e. The highest BCUT2D eigenvalue weighted by molar-refractivity contribution is 6.11. The summed E-state index contributed by atoms with van der Waals surface area (Å²) < 4.78 is 2.43. The highest BCUT2D eigenvalue weighted by Crippen LogP contribution is 2.50. The zero-order valence-electron chi connectivity index (χ0n) is 17.7. The molecule has 4 aromatic carbocycles. The quantitative estimate of drug-likeness (QED) is 0.293. The van der Waals surface area contributed by atoms with Gasteiger partial charge in [-0.3, -0.25) is 0 Å². The molecule has 0 saturated carbocycles. The van der Waals surface area contributed by atoms with Crippen LogP contribution in [0.3, 0.4) is 0 Å². The molecule has 0 unspecified atom stereocenters.